The van der Waals surface area contributed by atoms with E-state index in [1.165, 1.54) is 25.7 Å². The first-order chi connectivity index (χ1) is 11.3. The molecule has 1 saturated heterocycles. The van der Waals surface area contributed by atoms with Crippen LogP contribution in [0.3, 0.4) is 0 Å². The lowest BCUT2D eigenvalue weighted by Gasteiger charge is -2.16. The predicted molar refractivity (Wildman–Crippen MR) is 86.6 cm³/mol. The summed E-state index contributed by atoms with van der Waals surface area (Å²) >= 11 is 0. The molecule has 124 valence electrons. The van der Waals surface area contributed by atoms with Crippen molar-refractivity contribution in [2.24, 2.45) is 0 Å². The minimum atomic E-state index is 0.510. The highest BCUT2D eigenvalue weighted by Crippen LogP contribution is 2.31. The Balaban J connectivity index is 1.73. The van der Waals surface area contributed by atoms with Crippen LogP contribution in [0.15, 0.2) is 22.6 Å². The molecular weight excluding hydrogens is 294 g/mol. The van der Waals surface area contributed by atoms with Gasteiger partial charge in [-0.05, 0) is 44.1 Å². The topological polar surface area (TPSA) is 60.6 Å². The zero-order valence-electron chi connectivity index (χ0n) is 13.7. The van der Waals surface area contributed by atoms with Gasteiger partial charge in [0.1, 0.15) is 0 Å². The Morgan fingerprint density at radius 3 is 2.43 bits per heavy atom. The van der Waals surface area contributed by atoms with E-state index < -0.39 is 0 Å². The van der Waals surface area contributed by atoms with Crippen molar-refractivity contribution in [3.05, 3.63) is 24.1 Å². The van der Waals surface area contributed by atoms with E-state index >= 15 is 0 Å². The van der Waals surface area contributed by atoms with Crippen molar-refractivity contribution >= 4 is 0 Å². The third-order valence-corrected chi connectivity index (χ3v) is 4.15. The number of ether oxygens (including phenoxy) is 2. The van der Waals surface area contributed by atoms with E-state index in [0.717, 1.165) is 25.2 Å². The average molecular weight is 317 g/mol. The van der Waals surface area contributed by atoms with Crippen LogP contribution in [-0.2, 0) is 6.54 Å². The van der Waals surface area contributed by atoms with Crippen LogP contribution >= 0.6 is 0 Å². The van der Waals surface area contributed by atoms with Gasteiger partial charge in [0.2, 0.25) is 11.8 Å². The lowest BCUT2D eigenvalue weighted by molar-refractivity contribution is 0.249. The second kappa shape index (κ2) is 7.46. The fourth-order valence-corrected chi connectivity index (χ4v) is 2.89. The number of likely N-dealkylation sites (tertiary alicyclic amines) is 1. The van der Waals surface area contributed by atoms with Crippen molar-refractivity contribution < 1.29 is 13.9 Å². The highest BCUT2D eigenvalue weighted by atomic mass is 16.5. The number of nitrogens with zero attached hydrogens (tertiary/aromatic N) is 3. The van der Waals surface area contributed by atoms with Crippen LogP contribution in [-0.4, -0.2) is 42.4 Å². The van der Waals surface area contributed by atoms with Crippen LogP contribution in [0.5, 0.6) is 11.5 Å². The average Bonchev–Trinajstić information content (AvgIpc) is 2.90. The predicted octanol–water partition coefficient (Wildman–Crippen LogP) is 3.13. The second-order valence-electron chi connectivity index (χ2n) is 5.76. The molecule has 23 heavy (non-hydrogen) atoms. The molecule has 0 aliphatic carbocycles. The summed E-state index contributed by atoms with van der Waals surface area (Å²) in [4.78, 5) is 2.39. The van der Waals surface area contributed by atoms with Crippen molar-refractivity contribution in [1.29, 1.82) is 0 Å². The Kier molecular flexibility index (Phi) is 5.12. The maximum Gasteiger partial charge on any atom is 0.247 e. The maximum absolute atomic E-state index is 5.83. The Bertz CT molecular complexity index is 634. The van der Waals surface area contributed by atoms with Gasteiger partial charge in [-0.15, -0.1) is 10.2 Å². The van der Waals surface area contributed by atoms with E-state index in [1.54, 1.807) is 14.2 Å². The molecule has 2 aromatic rings. The molecule has 0 amide bonds. The van der Waals surface area contributed by atoms with Gasteiger partial charge in [0.05, 0.1) is 20.8 Å². The molecule has 0 N–H and O–H groups in total. The third-order valence-electron chi connectivity index (χ3n) is 4.15. The van der Waals surface area contributed by atoms with Crippen LogP contribution in [0, 0.1) is 0 Å². The highest BCUT2D eigenvalue weighted by molar-refractivity contribution is 5.59. The molecule has 0 saturated carbocycles. The smallest absolute Gasteiger partial charge is 0.247 e. The standard InChI is InChI=1S/C17H23N3O3/c1-21-14-8-7-13(11-15(14)22-2)17-19-18-16(23-17)12-20-9-5-3-4-6-10-20/h7-8,11H,3-6,9-10,12H2,1-2H3. The Labute approximate surface area is 136 Å². The van der Waals surface area contributed by atoms with Crippen LogP contribution in [0.4, 0.5) is 0 Å². The van der Waals surface area contributed by atoms with Crippen molar-refractivity contribution in [1.82, 2.24) is 15.1 Å². The third kappa shape index (κ3) is 3.82. The lowest BCUT2D eigenvalue weighted by atomic mass is 10.2. The van der Waals surface area contributed by atoms with Gasteiger partial charge in [0, 0.05) is 5.56 Å². The van der Waals surface area contributed by atoms with Crippen LogP contribution in [0.1, 0.15) is 31.6 Å². The van der Waals surface area contributed by atoms with Crippen molar-refractivity contribution in [3.63, 3.8) is 0 Å². The molecule has 1 fully saturated rings. The quantitative estimate of drug-likeness (QED) is 0.844. The Hall–Kier alpha value is -2.08. The molecule has 3 rings (SSSR count). The second-order valence-corrected chi connectivity index (χ2v) is 5.76. The van der Waals surface area contributed by atoms with E-state index in [4.69, 9.17) is 13.9 Å². The Morgan fingerprint density at radius 1 is 1.00 bits per heavy atom. The minimum Gasteiger partial charge on any atom is -0.493 e. The van der Waals surface area contributed by atoms with E-state index in [-0.39, 0.29) is 0 Å². The summed E-state index contributed by atoms with van der Waals surface area (Å²) in [6.45, 7) is 2.93. The number of benzene rings is 1. The van der Waals surface area contributed by atoms with Crippen molar-refractivity contribution in [2.75, 3.05) is 27.3 Å². The molecule has 1 aromatic heterocycles. The molecule has 0 radical (unpaired) electrons. The van der Waals surface area contributed by atoms with Gasteiger partial charge in [-0.1, -0.05) is 12.8 Å². The number of hydrogen-bond acceptors (Lipinski definition) is 6. The first kappa shape index (κ1) is 15.8. The summed E-state index contributed by atoms with van der Waals surface area (Å²) in [7, 11) is 3.23. The van der Waals surface area contributed by atoms with Crippen LogP contribution in [0.2, 0.25) is 0 Å². The monoisotopic (exact) mass is 317 g/mol. The van der Waals surface area contributed by atoms with Gasteiger partial charge in [-0.3, -0.25) is 4.90 Å². The van der Waals surface area contributed by atoms with Gasteiger partial charge in [-0.2, -0.15) is 0 Å². The lowest BCUT2D eigenvalue weighted by Crippen LogP contribution is -2.24. The summed E-state index contributed by atoms with van der Waals surface area (Å²) in [5, 5.41) is 8.35. The van der Waals surface area contributed by atoms with E-state index in [9.17, 15) is 0 Å². The number of rotatable bonds is 5. The van der Waals surface area contributed by atoms with Gasteiger partial charge in [0.15, 0.2) is 11.5 Å². The molecule has 1 aromatic carbocycles. The molecule has 0 unspecified atom stereocenters. The van der Waals surface area contributed by atoms with E-state index in [0.29, 0.717) is 23.3 Å². The summed E-state index contributed by atoms with van der Waals surface area (Å²) in [6.07, 6.45) is 5.13. The first-order valence-corrected chi connectivity index (χ1v) is 8.07. The van der Waals surface area contributed by atoms with Crippen LogP contribution < -0.4 is 9.47 Å². The SMILES string of the molecule is COc1ccc(-c2nnc(CN3CCCCCC3)o2)cc1OC. The summed E-state index contributed by atoms with van der Waals surface area (Å²) in [6, 6.07) is 5.58. The minimum absolute atomic E-state index is 0.510. The zero-order valence-corrected chi connectivity index (χ0v) is 13.7. The highest BCUT2D eigenvalue weighted by Gasteiger charge is 2.15. The Morgan fingerprint density at radius 2 is 1.74 bits per heavy atom. The fraction of sp³-hybridized carbons (Fsp3) is 0.529. The molecule has 0 atom stereocenters. The zero-order chi connectivity index (χ0) is 16.1. The summed E-state index contributed by atoms with van der Waals surface area (Å²) in [5.41, 5.74) is 0.831. The first-order valence-electron chi connectivity index (χ1n) is 8.07. The van der Waals surface area contributed by atoms with Crippen molar-refractivity contribution in [2.45, 2.75) is 32.2 Å². The van der Waals surface area contributed by atoms with Gasteiger partial charge in [0.25, 0.3) is 0 Å². The molecular formula is C17H23N3O3. The largest absolute Gasteiger partial charge is 0.493 e. The maximum atomic E-state index is 5.83. The number of methoxy groups -OCH3 is 2. The molecule has 0 bridgehead atoms. The summed E-state index contributed by atoms with van der Waals surface area (Å²) < 4.78 is 16.4. The van der Waals surface area contributed by atoms with E-state index in [2.05, 4.69) is 15.1 Å². The molecule has 6 nitrogen and oxygen atoms in total. The normalized spacial score (nSPS) is 16.1. The molecule has 1 aliphatic heterocycles. The van der Waals surface area contributed by atoms with Gasteiger partial charge in [-0.25, -0.2) is 0 Å². The van der Waals surface area contributed by atoms with E-state index in [1.807, 2.05) is 18.2 Å². The molecule has 1 aliphatic rings. The molecule has 6 heteroatoms. The number of aromatic nitrogens is 2. The molecule has 0 spiro atoms. The summed E-state index contributed by atoms with van der Waals surface area (Å²) in [5.74, 6) is 2.50. The fourth-order valence-electron chi connectivity index (χ4n) is 2.89. The van der Waals surface area contributed by atoms with Crippen molar-refractivity contribution in [3.8, 4) is 23.0 Å². The number of hydrogen-bond donors (Lipinski definition) is 0. The van der Waals surface area contributed by atoms with Gasteiger partial charge >= 0.3 is 0 Å². The van der Waals surface area contributed by atoms with Crippen LogP contribution in [0.25, 0.3) is 11.5 Å². The molecule has 2 heterocycles. The van der Waals surface area contributed by atoms with Gasteiger partial charge < -0.3 is 13.9 Å².